The standard InChI is InChI=1S/C12H16O2/c1-12(2,10-4-3-5-10)11(13)9-6-7-14-8-9/h6-8,10H,3-5H2,1-2H3. The Morgan fingerprint density at radius 1 is 1.50 bits per heavy atom. The third-order valence-electron chi connectivity index (χ3n) is 3.49. The summed E-state index contributed by atoms with van der Waals surface area (Å²) in [7, 11) is 0. The van der Waals surface area contributed by atoms with Gasteiger partial charge < -0.3 is 4.42 Å². The molecule has 1 aromatic rings. The lowest BCUT2D eigenvalue weighted by molar-refractivity contribution is 0.0620. The van der Waals surface area contributed by atoms with Gasteiger partial charge in [0.1, 0.15) is 6.26 Å². The molecule has 0 saturated heterocycles. The lowest BCUT2D eigenvalue weighted by Gasteiger charge is -2.38. The predicted molar refractivity (Wildman–Crippen MR) is 54.2 cm³/mol. The van der Waals surface area contributed by atoms with Crippen molar-refractivity contribution in [2.75, 3.05) is 0 Å². The van der Waals surface area contributed by atoms with Crippen LogP contribution in [0.4, 0.5) is 0 Å². The van der Waals surface area contributed by atoms with Crippen molar-refractivity contribution in [1.82, 2.24) is 0 Å². The van der Waals surface area contributed by atoms with Gasteiger partial charge in [0, 0.05) is 5.41 Å². The fraction of sp³-hybridized carbons (Fsp3) is 0.583. The van der Waals surface area contributed by atoms with E-state index in [0.29, 0.717) is 11.5 Å². The highest BCUT2D eigenvalue weighted by molar-refractivity contribution is 5.99. The van der Waals surface area contributed by atoms with E-state index < -0.39 is 0 Å². The van der Waals surface area contributed by atoms with Gasteiger partial charge >= 0.3 is 0 Å². The van der Waals surface area contributed by atoms with Crippen molar-refractivity contribution < 1.29 is 9.21 Å². The monoisotopic (exact) mass is 192 g/mol. The van der Waals surface area contributed by atoms with Gasteiger partial charge in [0.15, 0.2) is 5.78 Å². The second kappa shape index (κ2) is 3.26. The summed E-state index contributed by atoms with van der Waals surface area (Å²) in [4.78, 5) is 12.1. The molecule has 1 saturated carbocycles. The molecule has 1 aliphatic carbocycles. The first kappa shape index (κ1) is 9.50. The first-order valence-electron chi connectivity index (χ1n) is 5.19. The molecule has 0 aromatic carbocycles. The first-order chi connectivity index (χ1) is 6.62. The Morgan fingerprint density at radius 2 is 2.21 bits per heavy atom. The fourth-order valence-electron chi connectivity index (χ4n) is 2.08. The van der Waals surface area contributed by atoms with Crippen molar-refractivity contribution in [3.63, 3.8) is 0 Å². The molecule has 0 aliphatic heterocycles. The largest absolute Gasteiger partial charge is 0.472 e. The highest BCUT2D eigenvalue weighted by Gasteiger charge is 2.40. The second-order valence-corrected chi connectivity index (χ2v) is 4.69. The van der Waals surface area contributed by atoms with Crippen LogP contribution >= 0.6 is 0 Å². The van der Waals surface area contributed by atoms with Crippen LogP contribution in [0.5, 0.6) is 0 Å². The number of carbonyl (C=O) groups excluding carboxylic acids is 1. The molecule has 0 amide bonds. The molecule has 1 heterocycles. The summed E-state index contributed by atoms with van der Waals surface area (Å²) in [5.74, 6) is 0.779. The summed E-state index contributed by atoms with van der Waals surface area (Å²) in [6.45, 7) is 4.10. The molecule has 2 nitrogen and oxygen atoms in total. The number of furan rings is 1. The van der Waals surface area contributed by atoms with E-state index in [9.17, 15) is 4.79 Å². The van der Waals surface area contributed by atoms with Crippen molar-refractivity contribution in [3.05, 3.63) is 24.2 Å². The molecule has 1 fully saturated rings. The van der Waals surface area contributed by atoms with E-state index in [-0.39, 0.29) is 11.2 Å². The van der Waals surface area contributed by atoms with Crippen LogP contribution in [0.25, 0.3) is 0 Å². The molecule has 14 heavy (non-hydrogen) atoms. The zero-order chi connectivity index (χ0) is 10.2. The van der Waals surface area contributed by atoms with E-state index in [1.165, 1.54) is 19.3 Å². The number of ketones is 1. The molecule has 0 bridgehead atoms. The molecule has 1 aliphatic rings. The molecule has 0 atom stereocenters. The zero-order valence-electron chi connectivity index (χ0n) is 8.75. The van der Waals surface area contributed by atoms with Gasteiger partial charge in [-0.15, -0.1) is 0 Å². The Labute approximate surface area is 84.3 Å². The van der Waals surface area contributed by atoms with Gasteiger partial charge in [-0.25, -0.2) is 0 Å². The van der Waals surface area contributed by atoms with Crippen LogP contribution in [-0.2, 0) is 0 Å². The Bertz CT molecular complexity index is 318. The van der Waals surface area contributed by atoms with Crippen LogP contribution in [0, 0.1) is 11.3 Å². The Kier molecular flexibility index (Phi) is 2.22. The maximum absolute atomic E-state index is 12.1. The molecule has 0 spiro atoms. The van der Waals surface area contributed by atoms with E-state index in [0.717, 1.165) is 0 Å². The predicted octanol–water partition coefficient (Wildman–Crippen LogP) is 3.29. The van der Waals surface area contributed by atoms with E-state index in [1.807, 2.05) is 13.8 Å². The summed E-state index contributed by atoms with van der Waals surface area (Å²) >= 11 is 0. The van der Waals surface area contributed by atoms with Gasteiger partial charge in [-0.2, -0.15) is 0 Å². The molecule has 76 valence electrons. The Morgan fingerprint density at radius 3 is 2.64 bits per heavy atom. The normalized spacial score (nSPS) is 17.9. The zero-order valence-corrected chi connectivity index (χ0v) is 8.75. The van der Waals surface area contributed by atoms with E-state index in [4.69, 9.17) is 4.42 Å². The topological polar surface area (TPSA) is 30.2 Å². The van der Waals surface area contributed by atoms with Crippen LogP contribution in [0.15, 0.2) is 23.0 Å². The number of carbonyl (C=O) groups is 1. The van der Waals surface area contributed by atoms with Crippen LogP contribution in [0.2, 0.25) is 0 Å². The van der Waals surface area contributed by atoms with Crippen molar-refractivity contribution in [2.24, 2.45) is 11.3 Å². The highest BCUT2D eigenvalue weighted by Crippen LogP contribution is 2.43. The molecule has 1 aromatic heterocycles. The van der Waals surface area contributed by atoms with Gasteiger partial charge in [0.25, 0.3) is 0 Å². The summed E-state index contributed by atoms with van der Waals surface area (Å²) in [6.07, 6.45) is 6.76. The minimum Gasteiger partial charge on any atom is -0.472 e. The average Bonchev–Trinajstić information content (AvgIpc) is 2.49. The molecule has 0 radical (unpaired) electrons. The third-order valence-corrected chi connectivity index (χ3v) is 3.49. The first-order valence-corrected chi connectivity index (χ1v) is 5.19. The smallest absolute Gasteiger partial charge is 0.171 e. The molecule has 0 N–H and O–H groups in total. The van der Waals surface area contributed by atoms with E-state index in [2.05, 4.69) is 0 Å². The second-order valence-electron chi connectivity index (χ2n) is 4.69. The van der Waals surface area contributed by atoms with Crippen LogP contribution in [-0.4, -0.2) is 5.78 Å². The molecule has 2 heteroatoms. The molecule has 0 unspecified atom stereocenters. The van der Waals surface area contributed by atoms with E-state index in [1.54, 1.807) is 18.6 Å². The van der Waals surface area contributed by atoms with E-state index >= 15 is 0 Å². The number of rotatable bonds is 3. The van der Waals surface area contributed by atoms with Crippen molar-refractivity contribution >= 4 is 5.78 Å². The van der Waals surface area contributed by atoms with Gasteiger partial charge in [0.2, 0.25) is 0 Å². The van der Waals surface area contributed by atoms with Crippen LogP contribution < -0.4 is 0 Å². The van der Waals surface area contributed by atoms with Crippen molar-refractivity contribution in [3.8, 4) is 0 Å². The fourth-order valence-corrected chi connectivity index (χ4v) is 2.08. The third kappa shape index (κ3) is 1.39. The average molecular weight is 192 g/mol. The number of hydrogen-bond donors (Lipinski definition) is 0. The van der Waals surface area contributed by atoms with Crippen LogP contribution in [0.1, 0.15) is 43.5 Å². The number of hydrogen-bond acceptors (Lipinski definition) is 2. The van der Waals surface area contributed by atoms with Crippen molar-refractivity contribution in [1.29, 1.82) is 0 Å². The summed E-state index contributed by atoms with van der Waals surface area (Å²) in [6, 6.07) is 1.75. The minimum absolute atomic E-state index is 0.218. The van der Waals surface area contributed by atoms with Gasteiger partial charge in [-0.1, -0.05) is 20.3 Å². The highest BCUT2D eigenvalue weighted by atomic mass is 16.3. The molecular weight excluding hydrogens is 176 g/mol. The molecule has 2 rings (SSSR count). The Balaban J connectivity index is 2.17. The summed E-state index contributed by atoms with van der Waals surface area (Å²) in [5, 5.41) is 0. The maximum Gasteiger partial charge on any atom is 0.171 e. The van der Waals surface area contributed by atoms with Crippen LogP contribution in [0.3, 0.4) is 0 Å². The number of Topliss-reactive ketones (excluding diaryl/α,β-unsaturated/α-hetero) is 1. The maximum atomic E-state index is 12.1. The molecular formula is C12H16O2. The lowest BCUT2D eigenvalue weighted by atomic mass is 9.64. The summed E-state index contributed by atoms with van der Waals surface area (Å²) < 4.78 is 4.94. The van der Waals surface area contributed by atoms with Gasteiger partial charge in [-0.05, 0) is 24.8 Å². The minimum atomic E-state index is -0.220. The summed E-state index contributed by atoms with van der Waals surface area (Å²) in [5.41, 5.74) is 0.490. The van der Waals surface area contributed by atoms with Gasteiger partial charge in [0.05, 0.1) is 11.8 Å². The van der Waals surface area contributed by atoms with Crippen molar-refractivity contribution in [2.45, 2.75) is 33.1 Å². The van der Waals surface area contributed by atoms with Gasteiger partial charge in [-0.3, -0.25) is 4.79 Å². The Hall–Kier alpha value is -1.05. The quantitative estimate of drug-likeness (QED) is 0.688. The SMILES string of the molecule is CC(C)(C(=O)c1ccoc1)C1CCC1. The lowest BCUT2D eigenvalue weighted by Crippen LogP contribution is -2.36.